The Bertz CT molecular complexity index is 742. The monoisotopic (exact) mass is 386 g/mol. The lowest BCUT2D eigenvalue weighted by atomic mass is 10.1. The molecule has 6 heteroatoms. The normalized spacial score (nSPS) is 15.6. The van der Waals surface area contributed by atoms with Crippen molar-refractivity contribution in [3.8, 4) is 5.75 Å². The summed E-state index contributed by atoms with van der Waals surface area (Å²) in [6.07, 6.45) is 6.73. The number of pyridine rings is 1. The Morgan fingerprint density at radius 1 is 1.19 bits per heavy atom. The number of benzene rings is 1. The second-order valence-corrected chi connectivity index (χ2v) is 7.04. The molecule has 1 aromatic carbocycles. The summed E-state index contributed by atoms with van der Waals surface area (Å²) in [5, 5.41) is 3.78. The molecule has 0 amide bonds. The molecule has 1 fully saturated rings. The predicted molar refractivity (Wildman–Crippen MR) is 112 cm³/mol. The molecule has 0 unspecified atom stereocenters. The average Bonchev–Trinajstić information content (AvgIpc) is 2.72. The van der Waals surface area contributed by atoms with Crippen LogP contribution < -0.4 is 10.1 Å². The predicted octanol–water partition coefficient (Wildman–Crippen LogP) is 4.48. The minimum atomic E-state index is 0.437. The van der Waals surface area contributed by atoms with Gasteiger partial charge in [0, 0.05) is 18.3 Å². The van der Waals surface area contributed by atoms with Crippen LogP contribution >= 0.6 is 11.6 Å². The molecule has 1 N–H and O–H groups in total. The quantitative estimate of drug-likeness (QED) is 0.330. The molecule has 1 aromatic heterocycles. The molecule has 144 valence electrons. The largest absolute Gasteiger partial charge is 0.497 e. The number of rotatable bonds is 7. The van der Waals surface area contributed by atoms with Crippen molar-refractivity contribution in [2.45, 2.75) is 25.7 Å². The van der Waals surface area contributed by atoms with Crippen molar-refractivity contribution >= 4 is 23.1 Å². The third kappa shape index (κ3) is 5.94. The molecule has 2 aromatic rings. The SMILES string of the molecule is COc1ccc(C(=NCCCN2CCCCC2)Nc2cccnc2Cl)cc1. The highest BCUT2D eigenvalue weighted by molar-refractivity contribution is 6.32. The van der Waals surface area contributed by atoms with E-state index in [0.717, 1.165) is 42.3 Å². The Balaban J connectivity index is 1.68. The summed E-state index contributed by atoms with van der Waals surface area (Å²) in [4.78, 5) is 11.5. The van der Waals surface area contributed by atoms with Crippen LogP contribution in [0.25, 0.3) is 0 Å². The van der Waals surface area contributed by atoms with Gasteiger partial charge >= 0.3 is 0 Å². The highest BCUT2D eigenvalue weighted by Gasteiger charge is 2.10. The number of hydrogen-bond donors (Lipinski definition) is 1. The van der Waals surface area contributed by atoms with Gasteiger partial charge in [-0.3, -0.25) is 4.99 Å². The van der Waals surface area contributed by atoms with Gasteiger partial charge in [-0.15, -0.1) is 0 Å². The van der Waals surface area contributed by atoms with Crippen LogP contribution in [0.4, 0.5) is 5.69 Å². The van der Waals surface area contributed by atoms with Gasteiger partial charge in [0.05, 0.1) is 12.8 Å². The zero-order chi connectivity index (χ0) is 18.9. The fourth-order valence-electron chi connectivity index (χ4n) is 3.23. The molecule has 1 saturated heterocycles. The van der Waals surface area contributed by atoms with E-state index in [-0.39, 0.29) is 0 Å². The van der Waals surface area contributed by atoms with Crippen molar-refractivity contribution < 1.29 is 4.74 Å². The van der Waals surface area contributed by atoms with Crippen LogP contribution in [0, 0.1) is 0 Å². The van der Waals surface area contributed by atoms with E-state index in [9.17, 15) is 0 Å². The number of likely N-dealkylation sites (tertiary alicyclic amines) is 1. The van der Waals surface area contributed by atoms with Crippen molar-refractivity contribution in [2.75, 3.05) is 38.6 Å². The molecule has 1 aliphatic rings. The number of nitrogens with one attached hydrogen (secondary N) is 1. The van der Waals surface area contributed by atoms with Crippen LogP contribution in [0.5, 0.6) is 5.75 Å². The van der Waals surface area contributed by atoms with E-state index in [4.69, 9.17) is 21.3 Å². The minimum Gasteiger partial charge on any atom is -0.497 e. The maximum absolute atomic E-state index is 6.21. The molecule has 0 saturated carbocycles. The fraction of sp³-hybridized carbons (Fsp3) is 0.429. The first kappa shape index (κ1) is 19.6. The number of methoxy groups -OCH3 is 1. The van der Waals surface area contributed by atoms with Crippen molar-refractivity contribution in [3.05, 3.63) is 53.3 Å². The van der Waals surface area contributed by atoms with Crippen LogP contribution in [0.15, 0.2) is 47.6 Å². The number of piperidine rings is 1. The van der Waals surface area contributed by atoms with Crippen molar-refractivity contribution in [1.82, 2.24) is 9.88 Å². The molecule has 3 rings (SSSR count). The Labute approximate surface area is 166 Å². The first-order valence-electron chi connectivity index (χ1n) is 9.55. The summed E-state index contributed by atoms with van der Waals surface area (Å²) >= 11 is 6.21. The van der Waals surface area contributed by atoms with Gasteiger partial charge in [-0.05, 0) is 75.3 Å². The lowest BCUT2D eigenvalue weighted by Gasteiger charge is -2.26. The standard InChI is InChI=1S/C21H27ClN4O/c1-27-18-10-8-17(9-11-18)21(25-19-7-5-12-23-20(19)22)24-13-6-16-26-14-3-2-4-15-26/h5,7-12H,2-4,6,13-16H2,1H3,(H,24,25). The molecule has 27 heavy (non-hydrogen) atoms. The lowest BCUT2D eigenvalue weighted by molar-refractivity contribution is 0.228. The van der Waals surface area contributed by atoms with Crippen LogP contribution in [0.3, 0.4) is 0 Å². The Morgan fingerprint density at radius 2 is 1.96 bits per heavy atom. The van der Waals surface area contributed by atoms with Gasteiger partial charge in [-0.1, -0.05) is 18.0 Å². The zero-order valence-corrected chi connectivity index (χ0v) is 16.6. The van der Waals surface area contributed by atoms with Crippen LogP contribution in [0.1, 0.15) is 31.2 Å². The minimum absolute atomic E-state index is 0.437. The molecule has 0 atom stereocenters. The first-order valence-corrected chi connectivity index (χ1v) is 9.93. The van der Waals surface area contributed by atoms with E-state index in [0.29, 0.717) is 5.15 Å². The first-order chi connectivity index (χ1) is 13.3. The average molecular weight is 387 g/mol. The number of nitrogens with zero attached hydrogens (tertiary/aromatic N) is 3. The number of halogens is 1. The van der Waals surface area contributed by atoms with E-state index in [1.54, 1.807) is 13.3 Å². The molecule has 0 aliphatic carbocycles. The topological polar surface area (TPSA) is 49.8 Å². The van der Waals surface area contributed by atoms with Crippen LogP contribution in [0.2, 0.25) is 5.15 Å². The zero-order valence-electron chi connectivity index (χ0n) is 15.8. The summed E-state index contributed by atoms with van der Waals surface area (Å²) < 4.78 is 5.26. The number of aromatic nitrogens is 1. The highest BCUT2D eigenvalue weighted by Crippen LogP contribution is 2.20. The van der Waals surface area contributed by atoms with Crippen molar-refractivity contribution in [2.24, 2.45) is 4.99 Å². The summed E-state index contributed by atoms with van der Waals surface area (Å²) in [7, 11) is 1.66. The maximum Gasteiger partial charge on any atom is 0.152 e. The third-order valence-corrected chi connectivity index (χ3v) is 5.03. The maximum atomic E-state index is 6.21. The molecule has 1 aliphatic heterocycles. The van der Waals surface area contributed by atoms with Gasteiger partial charge in [0.2, 0.25) is 0 Å². The lowest BCUT2D eigenvalue weighted by Crippen LogP contribution is -2.31. The van der Waals surface area contributed by atoms with E-state index < -0.39 is 0 Å². The molecule has 0 bridgehead atoms. The highest BCUT2D eigenvalue weighted by atomic mass is 35.5. The number of aliphatic imine (C=N–C) groups is 1. The van der Waals surface area contributed by atoms with Crippen LogP contribution in [-0.2, 0) is 0 Å². The summed E-state index contributed by atoms with van der Waals surface area (Å²) in [6.45, 7) is 4.31. The van der Waals surface area contributed by atoms with Crippen molar-refractivity contribution in [3.63, 3.8) is 0 Å². The molecule has 5 nitrogen and oxygen atoms in total. The van der Waals surface area contributed by atoms with E-state index in [1.807, 2.05) is 36.4 Å². The molecule has 2 heterocycles. The van der Waals surface area contributed by atoms with Gasteiger partial charge in [-0.25, -0.2) is 4.98 Å². The third-order valence-electron chi connectivity index (χ3n) is 4.73. The Kier molecular flexibility index (Phi) is 7.48. The van der Waals surface area contributed by atoms with Crippen LogP contribution in [-0.4, -0.2) is 49.0 Å². The van der Waals surface area contributed by atoms with E-state index in [2.05, 4.69) is 15.2 Å². The van der Waals surface area contributed by atoms with Crippen molar-refractivity contribution in [1.29, 1.82) is 0 Å². The Morgan fingerprint density at radius 3 is 2.67 bits per heavy atom. The van der Waals surface area contributed by atoms with Gasteiger partial charge < -0.3 is 15.0 Å². The summed E-state index contributed by atoms with van der Waals surface area (Å²) in [5.41, 5.74) is 1.75. The Hall–Kier alpha value is -2.11. The number of anilines is 1. The molecular weight excluding hydrogens is 360 g/mol. The smallest absolute Gasteiger partial charge is 0.152 e. The fourth-order valence-corrected chi connectivity index (χ4v) is 3.39. The van der Waals surface area contributed by atoms with Gasteiger partial charge in [0.1, 0.15) is 11.6 Å². The number of hydrogen-bond acceptors (Lipinski definition) is 4. The van der Waals surface area contributed by atoms with Gasteiger partial charge in [-0.2, -0.15) is 0 Å². The van der Waals surface area contributed by atoms with E-state index >= 15 is 0 Å². The van der Waals surface area contributed by atoms with Gasteiger partial charge in [0.25, 0.3) is 0 Å². The van der Waals surface area contributed by atoms with E-state index in [1.165, 1.54) is 32.4 Å². The summed E-state index contributed by atoms with van der Waals surface area (Å²) in [6, 6.07) is 11.6. The van der Waals surface area contributed by atoms with Gasteiger partial charge in [0.15, 0.2) is 5.15 Å². The summed E-state index contributed by atoms with van der Waals surface area (Å²) in [5.74, 6) is 1.62. The molecular formula is C21H27ClN4O. The number of amidine groups is 1. The number of ether oxygens (including phenoxy) is 1. The second kappa shape index (κ2) is 10.3. The molecule has 0 spiro atoms. The molecule has 0 radical (unpaired) electrons. The second-order valence-electron chi connectivity index (χ2n) is 6.68.